The van der Waals surface area contributed by atoms with Crippen molar-refractivity contribution in [3.8, 4) is 0 Å². The van der Waals surface area contributed by atoms with Gasteiger partial charge >= 0.3 is 5.97 Å². The van der Waals surface area contributed by atoms with Crippen LogP contribution in [0.4, 0.5) is 0 Å². The summed E-state index contributed by atoms with van der Waals surface area (Å²) in [6.07, 6.45) is 5.26. The van der Waals surface area contributed by atoms with Gasteiger partial charge in [-0.25, -0.2) is 9.78 Å². The second-order valence-electron chi connectivity index (χ2n) is 4.02. The molecule has 0 spiro atoms. The standard InChI is InChI=1S/C11H17N3O3/c12-3-4-14-6-10(13-8-14)11(15)17-7-9-2-1-5-16-9/h6,8-9H,1-5,7,12H2. The van der Waals surface area contributed by atoms with Crippen molar-refractivity contribution in [3.63, 3.8) is 0 Å². The molecule has 0 aliphatic carbocycles. The lowest BCUT2D eigenvalue weighted by Gasteiger charge is -2.08. The molecule has 2 N–H and O–H groups in total. The number of carbonyl (C=O) groups is 1. The van der Waals surface area contributed by atoms with Crippen LogP contribution in [0.25, 0.3) is 0 Å². The van der Waals surface area contributed by atoms with Crippen LogP contribution in [0.2, 0.25) is 0 Å². The van der Waals surface area contributed by atoms with Gasteiger partial charge in [0.15, 0.2) is 5.69 Å². The molecule has 1 saturated heterocycles. The predicted molar refractivity (Wildman–Crippen MR) is 60.5 cm³/mol. The number of nitrogens with two attached hydrogens (primary N) is 1. The van der Waals surface area contributed by atoms with E-state index >= 15 is 0 Å². The van der Waals surface area contributed by atoms with Crippen molar-refractivity contribution in [3.05, 3.63) is 18.2 Å². The maximum absolute atomic E-state index is 11.6. The highest BCUT2D eigenvalue weighted by Gasteiger charge is 2.19. The third kappa shape index (κ3) is 3.28. The smallest absolute Gasteiger partial charge is 0.358 e. The monoisotopic (exact) mass is 239 g/mol. The summed E-state index contributed by atoms with van der Waals surface area (Å²) in [4.78, 5) is 15.6. The number of hydrogen-bond acceptors (Lipinski definition) is 5. The molecule has 0 radical (unpaired) electrons. The zero-order chi connectivity index (χ0) is 12.1. The SMILES string of the molecule is NCCn1cnc(C(=O)OCC2CCCO2)c1. The summed E-state index contributed by atoms with van der Waals surface area (Å²) in [5.74, 6) is -0.406. The third-order valence-electron chi connectivity index (χ3n) is 2.65. The number of carbonyl (C=O) groups excluding carboxylic acids is 1. The summed E-state index contributed by atoms with van der Waals surface area (Å²) in [7, 11) is 0. The zero-order valence-corrected chi connectivity index (χ0v) is 9.67. The highest BCUT2D eigenvalue weighted by molar-refractivity contribution is 5.86. The lowest BCUT2D eigenvalue weighted by molar-refractivity contribution is 0.0157. The Morgan fingerprint density at radius 3 is 3.29 bits per heavy atom. The van der Waals surface area contributed by atoms with Gasteiger partial charge in [-0.1, -0.05) is 0 Å². The average Bonchev–Trinajstić information content (AvgIpc) is 2.97. The van der Waals surface area contributed by atoms with Gasteiger partial charge in [-0.15, -0.1) is 0 Å². The maximum atomic E-state index is 11.6. The molecule has 6 nitrogen and oxygen atoms in total. The molecular formula is C11H17N3O3. The molecule has 1 atom stereocenters. The molecule has 94 valence electrons. The lowest BCUT2D eigenvalue weighted by Crippen LogP contribution is -2.18. The van der Waals surface area contributed by atoms with E-state index in [1.54, 1.807) is 17.1 Å². The van der Waals surface area contributed by atoms with E-state index in [1.165, 1.54) is 0 Å². The van der Waals surface area contributed by atoms with Gasteiger partial charge in [-0.3, -0.25) is 0 Å². The van der Waals surface area contributed by atoms with Crippen molar-refractivity contribution in [1.29, 1.82) is 0 Å². The van der Waals surface area contributed by atoms with Crippen LogP contribution in [-0.2, 0) is 16.0 Å². The Kier molecular flexibility index (Phi) is 4.11. The van der Waals surface area contributed by atoms with Crippen molar-refractivity contribution < 1.29 is 14.3 Å². The number of imidazole rings is 1. The fourth-order valence-corrected chi connectivity index (χ4v) is 1.76. The van der Waals surface area contributed by atoms with Crippen LogP contribution in [0.5, 0.6) is 0 Å². The van der Waals surface area contributed by atoms with Gasteiger partial charge in [-0.2, -0.15) is 0 Å². The van der Waals surface area contributed by atoms with E-state index in [-0.39, 0.29) is 6.10 Å². The number of aromatic nitrogens is 2. The summed E-state index contributed by atoms with van der Waals surface area (Å²) in [5.41, 5.74) is 5.72. The largest absolute Gasteiger partial charge is 0.458 e. The van der Waals surface area contributed by atoms with Crippen LogP contribution in [0.1, 0.15) is 23.3 Å². The summed E-state index contributed by atoms with van der Waals surface area (Å²) < 4.78 is 12.3. The van der Waals surface area contributed by atoms with Crippen molar-refractivity contribution >= 4 is 5.97 Å². The van der Waals surface area contributed by atoms with Crippen LogP contribution >= 0.6 is 0 Å². The number of esters is 1. The van der Waals surface area contributed by atoms with Crippen LogP contribution in [0.15, 0.2) is 12.5 Å². The zero-order valence-electron chi connectivity index (χ0n) is 9.67. The molecular weight excluding hydrogens is 222 g/mol. The van der Waals surface area contributed by atoms with E-state index in [9.17, 15) is 4.79 Å². The minimum Gasteiger partial charge on any atom is -0.458 e. The van der Waals surface area contributed by atoms with Gasteiger partial charge < -0.3 is 19.8 Å². The Balaban J connectivity index is 1.81. The van der Waals surface area contributed by atoms with Gasteiger partial charge in [0.05, 0.1) is 12.4 Å². The van der Waals surface area contributed by atoms with Crippen molar-refractivity contribution in [1.82, 2.24) is 9.55 Å². The van der Waals surface area contributed by atoms with Gasteiger partial charge in [0.2, 0.25) is 0 Å². The first-order valence-corrected chi connectivity index (χ1v) is 5.80. The minimum absolute atomic E-state index is 0.0464. The average molecular weight is 239 g/mol. The Hall–Kier alpha value is -1.40. The third-order valence-corrected chi connectivity index (χ3v) is 2.65. The Bertz CT molecular complexity index is 372. The Morgan fingerprint density at radius 1 is 1.71 bits per heavy atom. The van der Waals surface area contributed by atoms with Crippen molar-refractivity contribution in [2.75, 3.05) is 19.8 Å². The highest BCUT2D eigenvalue weighted by atomic mass is 16.6. The fourth-order valence-electron chi connectivity index (χ4n) is 1.76. The highest BCUT2D eigenvalue weighted by Crippen LogP contribution is 2.12. The van der Waals surface area contributed by atoms with Crippen molar-refractivity contribution in [2.45, 2.75) is 25.5 Å². The second-order valence-corrected chi connectivity index (χ2v) is 4.02. The van der Waals surface area contributed by atoms with Crippen LogP contribution < -0.4 is 5.73 Å². The molecule has 0 aromatic carbocycles. The maximum Gasteiger partial charge on any atom is 0.358 e. The van der Waals surface area contributed by atoms with Crippen LogP contribution in [0, 0.1) is 0 Å². The number of ether oxygens (including phenoxy) is 2. The summed E-state index contributed by atoms with van der Waals surface area (Å²) in [5, 5.41) is 0. The number of hydrogen-bond donors (Lipinski definition) is 1. The van der Waals surface area contributed by atoms with Gasteiger partial charge in [0.25, 0.3) is 0 Å². The molecule has 2 rings (SSSR count). The molecule has 1 aliphatic heterocycles. The second kappa shape index (κ2) is 5.79. The van der Waals surface area contributed by atoms with Gasteiger partial charge in [0.1, 0.15) is 6.61 Å². The molecule has 1 aromatic heterocycles. The molecule has 1 unspecified atom stereocenters. The van der Waals surface area contributed by atoms with E-state index in [4.69, 9.17) is 15.2 Å². The fraction of sp³-hybridized carbons (Fsp3) is 0.636. The first-order chi connectivity index (χ1) is 8.29. The molecule has 0 amide bonds. The predicted octanol–water partition coefficient (Wildman–Crippen LogP) is 0.178. The van der Waals surface area contributed by atoms with E-state index in [1.807, 2.05) is 0 Å². The molecule has 1 aliphatic rings. The van der Waals surface area contributed by atoms with E-state index in [0.29, 0.717) is 25.4 Å². The van der Waals surface area contributed by atoms with E-state index < -0.39 is 5.97 Å². The molecule has 17 heavy (non-hydrogen) atoms. The van der Waals surface area contributed by atoms with Gasteiger partial charge in [-0.05, 0) is 12.8 Å². The Morgan fingerprint density at radius 2 is 2.59 bits per heavy atom. The molecule has 2 heterocycles. The quantitative estimate of drug-likeness (QED) is 0.741. The molecule has 1 fully saturated rings. The Labute approximate surface area is 99.7 Å². The topological polar surface area (TPSA) is 79.4 Å². The van der Waals surface area contributed by atoms with Crippen LogP contribution in [-0.4, -0.2) is 41.4 Å². The molecule has 0 saturated carbocycles. The summed E-state index contributed by atoms with van der Waals surface area (Å²) >= 11 is 0. The lowest BCUT2D eigenvalue weighted by atomic mass is 10.2. The van der Waals surface area contributed by atoms with Crippen LogP contribution in [0.3, 0.4) is 0 Å². The number of rotatable bonds is 5. The minimum atomic E-state index is -0.406. The molecule has 1 aromatic rings. The number of nitrogens with zero attached hydrogens (tertiary/aromatic N) is 2. The van der Waals surface area contributed by atoms with Gasteiger partial charge in [0, 0.05) is 25.9 Å². The van der Waals surface area contributed by atoms with E-state index in [2.05, 4.69) is 4.98 Å². The molecule has 6 heteroatoms. The van der Waals surface area contributed by atoms with E-state index in [0.717, 1.165) is 19.4 Å². The summed E-state index contributed by atoms with van der Waals surface area (Å²) in [6, 6.07) is 0. The normalized spacial score (nSPS) is 19.5. The summed E-state index contributed by atoms with van der Waals surface area (Å²) in [6.45, 7) is 2.22. The van der Waals surface area contributed by atoms with Crippen molar-refractivity contribution in [2.24, 2.45) is 5.73 Å². The first kappa shape index (κ1) is 12.1. The molecule has 0 bridgehead atoms. The first-order valence-electron chi connectivity index (χ1n) is 5.80.